The van der Waals surface area contributed by atoms with Crippen LogP contribution in [0.1, 0.15) is 16.8 Å². The minimum atomic E-state index is -0.0342. The fourth-order valence-electron chi connectivity index (χ4n) is 2.76. The van der Waals surface area contributed by atoms with Crippen LogP contribution in [0.15, 0.2) is 40.3 Å². The SMILES string of the molecule is CCN1C(=Cc2sc3c([n+]2C)[Te]CC=C3)Sc2ccccc21. The predicted molar refractivity (Wildman–Crippen MR) is 98.0 cm³/mol. The molecular weight excluding hydrogens is 424 g/mol. The van der Waals surface area contributed by atoms with E-state index in [0.29, 0.717) is 0 Å². The van der Waals surface area contributed by atoms with Crippen molar-refractivity contribution >= 4 is 65.6 Å². The van der Waals surface area contributed by atoms with E-state index in [2.05, 4.69) is 65.9 Å². The van der Waals surface area contributed by atoms with Crippen molar-refractivity contribution < 1.29 is 4.57 Å². The van der Waals surface area contributed by atoms with Gasteiger partial charge in [-0.05, 0) is 0 Å². The van der Waals surface area contributed by atoms with E-state index in [1.807, 2.05) is 23.1 Å². The Balaban J connectivity index is 1.75. The van der Waals surface area contributed by atoms with E-state index in [1.54, 1.807) is 3.74 Å². The summed E-state index contributed by atoms with van der Waals surface area (Å²) in [5.41, 5.74) is 1.35. The number of benzene rings is 1. The molecule has 2 aliphatic rings. The summed E-state index contributed by atoms with van der Waals surface area (Å²) >= 11 is 3.79. The molecule has 1 aromatic carbocycles. The first-order valence-electron chi connectivity index (χ1n) is 7.36. The first kappa shape index (κ1) is 14.8. The number of hydrogen-bond donors (Lipinski definition) is 0. The number of thioether (sulfide) groups is 1. The molecule has 112 valence electrons. The van der Waals surface area contributed by atoms with Crippen LogP contribution in [0.5, 0.6) is 0 Å². The molecule has 0 radical (unpaired) electrons. The molecule has 5 heteroatoms. The Morgan fingerprint density at radius 1 is 1.36 bits per heavy atom. The van der Waals surface area contributed by atoms with Gasteiger partial charge in [-0.2, -0.15) is 0 Å². The van der Waals surface area contributed by atoms with Crippen LogP contribution in [-0.2, 0) is 7.05 Å². The monoisotopic (exact) mass is 443 g/mol. The summed E-state index contributed by atoms with van der Waals surface area (Å²) in [7, 11) is 2.23. The van der Waals surface area contributed by atoms with Crippen molar-refractivity contribution in [2.75, 3.05) is 11.4 Å². The Hall–Kier alpha value is -0.730. The van der Waals surface area contributed by atoms with E-state index in [1.165, 1.54) is 30.0 Å². The molecule has 0 N–H and O–H groups in total. The third kappa shape index (κ3) is 2.45. The Morgan fingerprint density at radius 2 is 2.23 bits per heavy atom. The van der Waals surface area contributed by atoms with Crippen molar-refractivity contribution in [3.63, 3.8) is 0 Å². The van der Waals surface area contributed by atoms with Crippen molar-refractivity contribution in [2.24, 2.45) is 7.05 Å². The molecule has 22 heavy (non-hydrogen) atoms. The van der Waals surface area contributed by atoms with Gasteiger partial charge in [-0.15, -0.1) is 0 Å². The summed E-state index contributed by atoms with van der Waals surface area (Å²) in [6.07, 6.45) is 7.03. The van der Waals surface area contributed by atoms with Gasteiger partial charge in [-0.1, -0.05) is 0 Å². The van der Waals surface area contributed by atoms with Gasteiger partial charge in [-0.25, -0.2) is 0 Å². The minimum absolute atomic E-state index is 0.0342. The van der Waals surface area contributed by atoms with Gasteiger partial charge in [0.1, 0.15) is 0 Å². The average molecular weight is 441 g/mol. The number of fused-ring (bicyclic) bond motifs is 2. The molecule has 0 bridgehead atoms. The summed E-state index contributed by atoms with van der Waals surface area (Å²) in [4.78, 5) is 5.27. The normalized spacial score (nSPS) is 17.9. The van der Waals surface area contributed by atoms with Gasteiger partial charge in [-0.3, -0.25) is 0 Å². The molecule has 0 atom stereocenters. The van der Waals surface area contributed by atoms with Gasteiger partial charge in [0.15, 0.2) is 0 Å². The van der Waals surface area contributed by atoms with E-state index in [0.717, 1.165) is 6.54 Å². The molecule has 2 aromatic rings. The van der Waals surface area contributed by atoms with Gasteiger partial charge >= 0.3 is 150 Å². The zero-order valence-electron chi connectivity index (χ0n) is 12.6. The number of nitrogens with zero attached hydrogens (tertiary/aromatic N) is 2. The summed E-state index contributed by atoms with van der Waals surface area (Å²) < 4.78 is 5.32. The number of allylic oxidation sites excluding steroid dienone is 1. The second-order valence-electron chi connectivity index (χ2n) is 5.18. The van der Waals surface area contributed by atoms with Crippen LogP contribution in [0.3, 0.4) is 0 Å². The first-order valence-corrected chi connectivity index (χ1v) is 11.8. The summed E-state index contributed by atoms with van der Waals surface area (Å²) in [6, 6.07) is 8.70. The van der Waals surface area contributed by atoms with E-state index in [4.69, 9.17) is 0 Å². The fraction of sp³-hybridized carbons (Fsp3) is 0.235. The molecule has 1 aromatic heterocycles. The van der Waals surface area contributed by atoms with Gasteiger partial charge in [0, 0.05) is 0 Å². The van der Waals surface area contributed by atoms with Gasteiger partial charge < -0.3 is 0 Å². The number of thiazole rings is 1. The second-order valence-corrected chi connectivity index (χ2v) is 10.2. The summed E-state index contributed by atoms with van der Waals surface area (Å²) in [5, 5.41) is 2.72. The number of anilines is 1. The number of rotatable bonds is 2. The predicted octanol–water partition coefficient (Wildman–Crippen LogP) is 3.28. The summed E-state index contributed by atoms with van der Waals surface area (Å²) in [5.74, 6) is 0. The van der Waals surface area contributed by atoms with Crippen LogP contribution in [0, 0.1) is 0 Å². The van der Waals surface area contributed by atoms with E-state index in [9.17, 15) is 0 Å². The van der Waals surface area contributed by atoms with Gasteiger partial charge in [0.05, 0.1) is 0 Å². The van der Waals surface area contributed by atoms with Crippen molar-refractivity contribution in [1.29, 1.82) is 0 Å². The third-order valence-corrected chi connectivity index (χ3v) is 9.73. The topological polar surface area (TPSA) is 7.12 Å². The average Bonchev–Trinajstić information content (AvgIpc) is 3.06. The van der Waals surface area contributed by atoms with E-state index < -0.39 is 0 Å². The fourth-order valence-corrected chi connectivity index (χ4v) is 8.38. The van der Waals surface area contributed by atoms with Gasteiger partial charge in [0.25, 0.3) is 0 Å². The number of aromatic nitrogens is 1. The maximum atomic E-state index is 2.43. The van der Waals surface area contributed by atoms with Crippen LogP contribution in [-0.4, -0.2) is 27.5 Å². The zero-order chi connectivity index (χ0) is 15.1. The van der Waals surface area contributed by atoms with Crippen molar-refractivity contribution in [3.05, 3.63) is 45.3 Å². The van der Waals surface area contributed by atoms with Crippen LogP contribution in [0.25, 0.3) is 12.2 Å². The Labute approximate surface area is 149 Å². The van der Waals surface area contributed by atoms with Gasteiger partial charge in [0.2, 0.25) is 0 Å². The Morgan fingerprint density at radius 3 is 3.05 bits per heavy atom. The van der Waals surface area contributed by atoms with Crippen molar-refractivity contribution in [3.8, 4) is 0 Å². The maximum absolute atomic E-state index is 2.43. The molecule has 0 spiro atoms. The standard InChI is InChI=1S/C17H17N2S2Te/c1-3-19-12-7-4-5-8-13(12)20-16(19)11-15-18(2)17-14(21-15)9-6-10-22-17/h4-9,11H,3,10H2,1-2H3/q+1. The first-order chi connectivity index (χ1) is 10.8. The molecule has 0 saturated heterocycles. The van der Waals surface area contributed by atoms with Crippen LogP contribution in [0.2, 0.25) is 4.47 Å². The van der Waals surface area contributed by atoms with Crippen LogP contribution < -0.4 is 13.2 Å². The van der Waals surface area contributed by atoms with Crippen molar-refractivity contribution in [2.45, 2.75) is 16.3 Å². The summed E-state index contributed by atoms with van der Waals surface area (Å²) in [6.45, 7) is 3.24. The van der Waals surface area contributed by atoms with Crippen LogP contribution >= 0.6 is 23.1 Å². The molecule has 0 saturated carbocycles. The van der Waals surface area contributed by atoms with E-state index >= 15 is 0 Å². The second kappa shape index (κ2) is 6.05. The molecule has 0 aliphatic carbocycles. The Kier molecular flexibility index (Phi) is 4.08. The number of hydrogen-bond acceptors (Lipinski definition) is 3. The molecule has 3 heterocycles. The van der Waals surface area contributed by atoms with Crippen LogP contribution in [0.4, 0.5) is 5.69 Å². The molecule has 4 rings (SSSR count). The Bertz CT molecular complexity index is 792. The molecule has 2 nitrogen and oxygen atoms in total. The molecular formula is C17H17N2S2Te+. The molecule has 0 unspecified atom stereocenters. The molecule has 2 aliphatic heterocycles. The quantitative estimate of drug-likeness (QED) is 0.522. The van der Waals surface area contributed by atoms with E-state index in [-0.39, 0.29) is 20.9 Å². The number of para-hydroxylation sites is 1. The third-order valence-electron chi connectivity index (χ3n) is 3.85. The van der Waals surface area contributed by atoms with Crippen molar-refractivity contribution in [1.82, 2.24) is 0 Å². The molecule has 0 amide bonds. The zero-order valence-corrected chi connectivity index (χ0v) is 16.5. The molecule has 0 fully saturated rings.